The van der Waals surface area contributed by atoms with E-state index in [0.717, 1.165) is 23.6 Å². The van der Waals surface area contributed by atoms with E-state index in [0.29, 0.717) is 6.54 Å². The first kappa shape index (κ1) is 18.7. The Labute approximate surface area is 167 Å². The summed E-state index contributed by atoms with van der Waals surface area (Å²) in [6.07, 6.45) is 2.63. The van der Waals surface area contributed by atoms with Crippen LogP contribution in [0.1, 0.15) is 41.3 Å². The van der Waals surface area contributed by atoms with Gasteiger partial charge in [0.25, 0.3) is 5.91 Å². The summed E-state index contributed by atoms with van der Waals surface area (Å²) in [7, 11) is 0. The lowest BCUT2D eigenvalue weighted by molar-refractivity contribution is 0.0951. The molecule has 1 amide bonds. The Morgan fingerprint density at radius 2 is 1.82 bits per heavy atom. The first-order chi connectivity index (χ1) is 13.7. The number of amides is 1. The first-order valence-electron chi connectivity index (χ1n) is 10.3. The standard InChI is InChI=1S/C25H28N2O/c1-19-6-5-15-27(17-19)18-20-11-13-22(14-12-20)25(28)26-16-23-9-4-8-21-7-2-3-10-24(21)23/h2-4,7-14,19H,5-6,15-18H2,1H3,(H,26,28). The summed E-state index contributed by atoms with van der Waals surface area (Å²) in [5, 5.41) is 5.46. The number of piperidine rings is 1. The third kappa shape index (κ3) is 4.42. The SMILES string of the molecule is CC1CCCN(Cc2ccc(C(=O)NCc3cccc4ccccc34)cc2)C1. The van der Waals surface area contributed by atoms with Crippen molar-refractivity contribution in [2.75, 3.05) is 13.1 Å². The number of likely N-dealkylation sites (tertiary alicyclic amines) is 1. The van der Waals surface area contributed by atoms with Crippen LogP contribution in [0.15, 0.2) is 66.7 Å². The molecule has 0 spiro atoms. The van der Waals surface area contributed by atoms with Crippen molar-refractivity contribution >= 4 is 16.7 Å². The molecule has 0 bridgehead atoms. The number of rotatable bonds is 5. The molecule has 3 aromatic rings. The number of carbonyl (C=O) groups is 1. The smallest absolute Gasteiger partial charge is 0.251 e. The van der Waals surface area contributed by atoms with E-state index < -0.39 is 0 Å². The van der Waals surface area contributed by atoms with Crippen LogP contribution in [0, 0.1) is 5.92 Å². The van der Waals surface area contributed by atoms with Gasteiger partial charge in [-0.1, -0.05) is 61.5 Å². The summed E-state index contributed by atoms with van der Waals surface area (Å²) in [6.45, 7) is 6.19. The molecular formula is C25H28N2O. The van der Waals surface area contributed by atoms with E-state index in [9.17, 15) is 4.79 Å². The van der Waals surface area contributed by atoms with Crippen molar-refractivity contribution < 1.29 is 4.79 Å². The summed E-state index contributed by atoms with van der Waals surface area (Å²) in [4.78, 5) is 15.1. The lowest BCUT2D eigenvalue weighted by Crippen LogP contribution is -2.33. The molecule has 1 saturated heterocycles. The van der Waals surface area contributed by atoms with Crippen LogP contribution >= 0.6 is 0 Å². The Morgan fingerprint density at radius 3 is 2.64 bits per heavy atom. The molecular weight excluding hydrogens is 344 g/mol. The van der Waals surface area contributed by atoms with Crippen molar-refractivity contribution in [3.8, 4) is 0 Å². The second kappa shape index (κ2) is 8.57. The quantitative estimate of drug-likeness (QED) is 0.683. The predicted molar refractivity (Wildman–Crippen MR) is 115 cm³/mol. The van der Waals surface area contributed by atoms with Gasteiger partial charge in [-0.05, 0) is 59.3 Å². The lowest BCUT2D eigenvalue weighted by Gasteiger charge is -2.30. The largest absolute Gasteiger partial charge is 0.348 e. The van der Waals surface area contributed by atoms with Gasteiger partial charge < -0.3 is 5.32 Å². The zero-order valence-corrected chi connectivity index (χ0v) is 16.5. The van der Waals surface area contributed by atoms with Gasteiger partial charge in [0, 0.05) is 25.2 Å². The third-order valence-electron chi connectivity index (χ3n) is 5.68. The monoisotopic (exact) mass is 372 g/mol. The molecule has 28 heavy (non-hydrogen) atoms. The first-order valence-corrected chi connectivity index (χ1v) is 10.3. The van der Waals surface area contributed by atoms with Crippen LogP contribution in [0.2, 0.25) is 0 Å². The van der Waals surface area contributed by atoms with Crippen LogP contribution in [-0.4, -0.2) is 23.9 Å². The molecule has 1 heterocycles. The predicted octanol–water partition coefficient (Wildman–Crippen LogP) is 5.00. The summed E-state index contributed by atoms with van der Waals surface area (Å²) < 4.78 is 0. The summed E-state index contributed by atoms with van der Waals surface area (Å²) in [5.74, 6) is 0.763. The van der Waals surface area contributed by atoms with Crippen LogP contribution in [0.25, 0.3) is 10.8 Å². The molecule has 1 atom stereocenters. The maximum Gasteiger partial charge on any atom is 0.251 e. The highest BCUT2D eigenvalue weighted by atomic mass is 16.1. The van der Waals surface area contributed by atoms with E-state index in [1.54, 1.807) is 0 Å². The molecule has 1 fully saturated rings. The molecule has 0 aliphatic carbocycles. The van der Waals surface area contributed by atoms with Gasteiger partial charge in [0.1, 0.15) is 0 Å². The fraction of sp³-hybridized carbons (Fsp3) is 0.320. The van der Waals surface area contributed by atoms with E-state index in [1.165, 1.54) is 42.3 Å². The topological polar surface area (TPSA) is 32.3 Å². The highest BCUT2D eigenvalue weighted by molar-refractivity contribution is 5.94. The van der Waals surface area contributed by atoms with Gasteiger partial charge in [-0.3, -0.25) is 9.69 Å². The number of nitrogens with one attached hydrogen (secondary N) is 1. The molecule has 0 radical (unpaired) electrons. The van der Waals surface area contributed by atoms with E-state index >= 15 is 0 Å². The molecule has 4 rings (SSSR count). The van der Waals surface area contributed by atoms with Crippen molar-refractivity contribution in [2.45, 2.75) is 32.9 Å². The normalized spacial score (nSPS) is 17.5. The maximum atomic E-state index is 12.6. The van der Waals surface area contributed by atoms with Crippen LogP contribution < -0.4 is 5.32 Å². The van der Waals surface area contributed by atoms with Crippen molar-refractivity contribution in [1.82, 2.24) is 10.2 Å². The Kier molecular flexibility index (Phi) is 5.73. The van der Waals surface area contributed by atoms with Crippen LogP contribution in [0.4, 0.5) is 0 Å². The molecule has 1 N–H and O–H groups in total. The molecule has 0 aromatic heterocycles. The van der Waals surface area contributed by atoms with Gasteiger partial charge in [-0.2, -0.15) is 0 Å². The zero-order valence-electron chi connectivity index (χ0n) is 16.5. The average Bonchev–Trinajstić information content (AvgIpc) is 2.72. The molecule has 3 nitrogen and oxygen atoms in total. The van der Waals surface area contributed by atoms with Crippen LogP contribution in [-0.2, 0) is 13.1 Å². The second-order valence-corrected chi connectivity index (χ2v) is 8.00. The van der Waals surface area contributed by atoms with E-state index in [-0.39, 0.29) is 5.91 Å². The Hall–Kier alpha value is -2.65. The fourth-order valence-electron chi connectivity index (χ4n) is 4.17. The molecule has 0 saturated carbocycles. The van der Waals surface area contributed by atoms with Crippen molar-refractivity contribution in [3.05, 3.63) is 83.4 Å². The molecule has 1 aliphatic heterocycles. The van der Waals surface area contributed by atoms with Crippen molar-refractivity contribution in [2.24, 2.45) is 5.92 Å². The number of benzene rings is 3. The molecule has 1 aliphatic rings. The van der Waals surface area contributed by atoms with Gasteiger partial charge in [-0.25, -0.2) is 0 Å². The minimum Gasteiger partial charge on any atom is -0.348 e. The molecule has 3 heteroatoms. The Morgan fingerprint density at radius 1 is 1.04 bits per heavy atom. The van der Waals surface area contributed by atoms with Gasteiger partial charge in [-0.15, -0.1) is 0 Å². The molecule has 144 valence electrons. The van der Waals surface area contributed by atoms with Gasteiger partial charge in [0.05, 0.1) is 0 Å². The average molecular weight is 373 g/mol. The zero-order chi connectivity index (χ0) is 19.3. The number of hydrogen-bond acceptors (Lipinski definition) is 2. The number of carbonyl (C=O) groups excluding carboxylic acids is 1. The number of nitrogens with zero attached hydrogens (tertiary/aromatic N) is 1. The lowest BCUT2D eigenvalue weighted by atomic mass is 9.99. The van der Waals surface area contributed by atoms with Gasteiger partial charge in [0.15, 0.2) is 0 Å². The highest BCUT2D eigenvalue weighted by Crippen LogP contribution is 2.19. The van der Waals surface area contributed by atoms with Gasteiger partial charge >= 0.3 is 0 Å². The summed E-state index contributed by atoms with van der Waals surface area (Å²) in [5.41, 5.74) is 3.14. The van der Waals surface area contributed by atoms with E-state index in [4.69, 9.17) is 0 Å². The minimum absolute atomic E-state index is 0.0221. The van der Waals surface area contributed by atoms with Crippen LogP contribution in [0.3, 0.4) is 0 Å². The van der Waals surface area contributed by atoms with Crippen LogP contribution in [0.5, 0.6) is 0 Å². The second-order valence-electron chi connectivity index (χ2n) is 8.00. The minimum atomic E-state index is -0.0221. The molecule has 1 unspecified atom stereocenters. The fourth-order valence-corrected chi connectivity index (χ4v) is 4.17. The van der Waals surface area contributed by atoms with Crippen molar-refractivity contribution in [1.29, 1.82) is 0 Å². The number of fused-ring (bicyclic) bond motifs is 1. The van der Waals surface area contributed by atoms with Gasteiger partial charge in [0.2, 0.25) is 0 Å². The Bertz CT molecular complexity index is 943. The third-order valence-corrected chi connectivity index (χ3v) is 5.68. The van der Waals surface area contributed by atoms with Crippen molar-refractivity contribution in [3.63, 3.8) is 0 Å². The Balaban J connectivity index is 1.37. The highest BCUT2D eigenvalue weighted by Gasteiger charge is 2.16. The maximum absolute atomic E-state index is 12.6. The number of hydrogen-bond donors (Lipinski definition) is 1. The van der Waals surface area contributed by atoms with E-state index in [1.807, 2.05) is 30.3 Å². The summed E-state index contributed by atoms with van der Waals surface area (Å²) in [6, 6.07) is 22.6. The molecule has 3 aromatic carbocycles. The van der Waals surface area contributed by atoms with E-state index in [2.05, 4.69) is 53.5 Å². The summed E-state index contributed by atoms with van der Waals surface area (Å²) >= 11 is 0.